The van der Waals surface area contributed by atoms with E-state index in [2.05, 4.69) is 4.72 Å². The number of halogens is 1. The van der Waals surface area contributed by atoms with Gasteiger partial charge in [0.1, 0.15) is 6.54 Å². The third kappa shape index (κ3) is 5.23. The van der Waals surface area contributed by atoms with Crippen LogP contribution in [0.5, 0.6) is 11.5 Å². The number of sulfonamides is 1. The average Bonchev–Trinajstić information content (AvgIpc) is 2.56. The topological polar surface area (TPSA) is 81.7 Å². The van der Waals surface area contributed by atoms with Crippen LogP contribution in [0.1, 0.15) is 5.56 Å². The first kappa shape index (κ1) is 18.3. The number of para-hydroxylation sites is 2. The number of methoxy groups -OCH3 is 1. The fraction of sp³-hybridized carbons (Fsp3) is 0.188. The predicted molar refractivity (Wildman–Crippen MR) is 90.7 cm³/mol. The highest BCUT2D eigenvalue weighted by Crippen LogP contribution is 2.25. The largest absolute Gasteiger partial charge is 0.493 e. The quantitative estimate of drug-likeness (QED) is 0.598. The molecule has 6 nitrogen and oxygen atoms in total. The molecule has 1 N–H and O–H groups in total. The van der Waals surface area contributed by atoms with Gasteiger partial charge in [0.05, 0.1) is 12.9 Å². The summed E-state index contributed by atoms with van der Waals surface area (Å²) in [6, 6.07) is 13.2. The molecule has 24 heavy (non-hydrogen) atoms. The molecule has 0 aliphatic carbocycles. The van der Waals surface area contributed by atoms with E-state index < -0.39 is 22.5 Å². The second-order valence-electron chi connectivity index (χ2n) is 4.80. The van der Waals surface area contributed by atoms with Crippen LogP contribution in [0.4, 0.5) is 0 Å². The molecule has 0 heterocycles. The van der Waals surface area contributed by atoms with Crippen LogP contribution in [0.3, 0.4) is 0 Å². The molecule has 8 heteroatoms. The smallest absolute Gasteiger partial charge is 0.326 e. The van der Waals surface area contributed by atoms with Crippen molar-refractivity contribution in [2.24, 2.45) is 0 Å². The first-order chi connectivity index (χ1) is 11.4. The standard InChI is InChI=1S/C16H16ClNO5S/c1-22-14-8-4-5-9-15(14)23-16(19)10-18-24(20,21)11-12-6-2-3-7-13(12)17/h2-9,18H,10-11H2,1H3. The number of carbonyl (C=O) groups is 1. The van der Waals surface area contributed by atoms with Crippen LogP contribution < -0.4 is 14.2 Å². The maximum atomic E-state index is 12.0. The zero-order valence-corrected chi connectivity index (χ0v) is 14.4. The predicted octanol–water partition coefficient (Wildman–Crippen LogP) is 2.37. The molecule has 0 radical (unpaired) electrons. The lowest BCUT2D eigenvalue weighted by Crippen LogP contribution is -2.32. The highest BCUT2D eigenvalue weighted by molar-refractivity contribution is 7.88. The Hall–Kier alpha value is -2.09. The van der Waals surface area contributed by atoms with Gasteiger partial charge in [0.2, 0.25) is 10.0 Å². The van der Waals surface area contributed by atoms with E-state index in [0.717, 1.165) is 0 Å². The first-order valence-corrected chi connectivity index (χ1v) is 8.99. The molecule has 0 unspecified atom stereocenters. The summed E-state index contributed by atoms with van der Waals surface area (Å²) in [5.74, 6) is -0.475. The lowest BCUT2D eigenvalue weighted by molar-refractivity contribution is -0.133. The lowest BCUT2D eigenvalue weighted by Gasteiger charge is -2.10. The number of esters is 1. The van der Waals surface area contributed by atoms with Crippen molar-refractivity contribution < 1.29 is 22.7 Å². The zero-order valence-electron chi connectivity index (χ0n) is 12.9. The van der Waals surface area contributed by atoms with Crippen molar-refractivity contribution in [3.63, 3.8) is 0 Å². The Morgan fingerprint density at radius 2 is 1.71 bits per heavy atom. The Morgan fingerprint density at radius 1 is 1.08 bits per heavy atom. The summed E-state index contributed by atoms with van der Waals surface area (Å²) in [6.45, 7) is -0.495. The van der Waals surface area contributed by atoms with Crippen LogP contribution in [0, 0.1) is 0 Å². The van der Waals surface area contributed by atoms with E-state index >= 15 is 0 Å². The molecule has 0 amide bonds. The molecular formula is C16H16ClNO5S. The van der Waals surface area contributed by atoms with Gasteiger partial charge < -0.3 is 9.47 Å². The van der Waals surface area contributed by atoms with E-state index in [0.29, 0.717) is 16.3 Å². The molecule has 0 atom stereocenters. The van der Waals surface area contributed by atoms with Crippen LogP contribution in [0.15, 0.2) is 48.5 Å². The minimum Gasteiger partial charge on any atom is -0.493 e. The van der Waals surface area contributed by atoms with Gasteiger partial charge in [0.25, 0.3) is 0 Å². The normalized spacial score (nSPS) is 11.1. The number of ether oxygens (including phenoxy) is 2. The minimum absolute atomic E-state index is 0.218. The SMILES string of the molecule is COc1ccccc1OC(=O)CNS(=O)(=O)Cc1ccccc1Cl. The monoisotopic (exact) mass is 369 g/mol. The van der Waals surface area contributed by atoms with Gasteiger partial charge in [-0.15, -0.1) is 0 Å². The third-order valence-corrected chi connectivity index (χ3v) is 4.68. The summed E-state index contributed by atoms with van der Waals surface area (Å²) >= 11 is 5.94. The van der Waals surface area contributed by atoms with Gasteiger partial charge in [-0.3, -0.25) is 4.79 Å². The molecule has 0 fully saturated rings. The summed E-state index contributed by atoms with van der Waals surface area (Å²) in [5, 5.41) is 0.347. The van der Waals surface area contributed by atoms with Gasteiger partial charge in [-0.25, -0.2) is 13.1 Å². The van der Waals surface area contributed by atoms with Crippen molar-refractivity contribution in [3.8, 4) is 11.5 Å². The third-order valence-electron chi connectivity index (χ3n) is 3.03. The number of carbonyl (C=O) groups excluding carboxylic acids is 1. The maximum Gasteiger partial charge on any atom is 0.326 e. The summed E-state index contributed by atoms with van der Waals surface area (Å²) in [4.78, 5) is 11.8. The minimum atomic E-state index is -3.73. The van der Waals surface area contributed by atoms with E-state index in [9.17, 15) is 13.2 Å². The van der Waals surface area contributed by atoms with Crippen LogP contribution in [-0.2, 0) is 20.6 Å². The number of rotatable bonds is 7. The highest BCUT2D eigenvalue weighted by Gasteiger charge is 2.17. The van der Waals surface area contributed by atoms with E-state index in [1.54, 1.807) is 48.5 Å². The highest BCUT2D eigenvalue weighted by atomic mass is 35.5. The Balaban J connectivity index is 1.94. The average molecular weight is 370 g/mol. The van der Waals surface area contributed by atoms with E-state index in [4.69, 9.17) is 21.1 Å². The van der Waals surface area contributed by atoms with E-state index in [-0.39, 0.29) is 11.5 Å². The summed E-state index contributed by atoms with van der Waals surface area (Å²) in [5.41, 5.74) is 0.449. The number of hydrogen-bond donors (Lipinski definition) is 1. The van der Waals surface area contributed by atoms with Crippen molar-refractivity contribution in [1.29, 1.82) is 0 Å². The molecule has 2 aromatic carbocycles. The zero-order chi connectivity index (χ0) is 17.6. The van der Waals surface area contributed by atoms with Crippen molar-refractivity contribution in [2.45, 2.75) is 5.75 Å². The number of hydrogen-bond acceptors (Lipinski definition) is 5. The molecule has 0 spiro atoms. The lowest BCUT2D eigenvalue weighted by atomic mass is 10.2. The van der Waals surface area contributed by atoms with Gasteiger partial charge >= 0.3 is 5.97 Å². The molecule has 0 saturated heterocycles. The van der Waals surface area contributed by atoms with Gasteiger partial charge in [-0.05, 0) is 23.8 Å². The van der Waals surface area contributed by atoms with Gasteiger partial charge in [0.15, 0.2) is 11.5 Å². The molecule has 0 aliphatic heterocycles. The molecule has 2 aromatic rings. The summed E-state index contributed by atoms with van der Waals surface area (Å²) in [6.07, 6.45) is 0. The molecule has 0 saturated carbocycles. The van der Waals surface area contributed by atoms with Crippen LogP contribution in [-0.4, -0.2) is 28.0 Å². The molecule has 2 rings (SSSR count). The van der Waals surface area contributed by atoms with Crippen LogP contribution in [0.25, 0.3) is 0 Å². The Bertz CT molecular complexity index is 823. The van der Waals surface area contributed by atoms with Crippen LogP contribution >= 0.6 is 11.6 Å². The summed E-state index contributed by atoms with van der Waals surface area (Å²) < 4.78 is 36.4. The number of nitrogens with one attached hydrogen (secondary N) is 1. The molecule has 0 bridgehead atoms. The fourth-order valence-electron chi connectivity index (χ4n) is 1.90. The van der Waals surface area contributed by atoms with Gasteiger partial charge in [0, 0.05) is 5.02 Å². The van der Waals surface area contributed by atoms with E-state index in [1.807, 2.05) is 0 Å². The Kier molecular flexibility index (Phi) is 6.19. The summed E-state index contributed by atoms with van der Waals surface area (Å²) in [7, 11) is -2.28. The number of benzene rings is 2. The van der Waals surface area contributed by atoms with Crippen molar-refractivity contribution in [3.05, 3.63) is 59.1 Å². The second kappa shape index (κ2) is 8.14. The van der Waals surface area contributed by atoms with E-state index in [1.165, 1.54) is 7.11 Å². The molecule has 128 valence electrons. The molecular weight excluding hydrogens is 354 g/mol. The van der Waals surface area contributed by atoms with Crippen LogP contribution in [0.2, 0.25) is 5.02 Å². The Morgan fingerprint density at radius 3 is 2.38 bits per heavy atom. The molecule has 0 aliphatic rings. The van der Waals surface area contributed by atoms with Gasteiger partial charge in [-0.2, -0.15) is 0 Å². The van der Waals surface area contributed by atoms with Crippen molar-refractivity contribution in [1.82, 2.24) is 4.72 Å². The van der Waals surface area contributed by atoms with Crippen molar-refractivity contribution >= 4 is 27.6 Å². The molecule has 0 aromatic heterocycles. The van der Waals surface area contributed by atoms with Crippen molar-refractivity contribution in [2.75, 3.05) is 13.7 Å². The second-order valence-corrected chi connectivity index (χ2v) is 7.01. The first-order valence-electron chi connectivity index (χ1n) is 6.96. The maximum absolute atomic E-state index is 12.0. The Labute approximate surface area is 145 Å². The van der Waals surface area contributed by atoms with Gasteiger partial charge in [-0.1, -0.05) is 41.9 Å². The fourth-order valence-corrected chi connectivity index (χ4v) is 3.28.